The van der Waals surface area contributed by atoms with Crippen molar-refractivity contribution in [1.82, 2.24) is 10.3 Å². The number of nitrogens with two attached hydrogens (primary N) is 1. The lowest BCUT2D eigenvalue weighted by molar-refractivity contribution is -0.525. The third-order valence-corrected chi connectivity index (χ3v) is 2.61. The summed E-state index contributed by atoms with van der Waals surface area (Å²) >= 11 is 0. The Balaban J connectivity index is 2.80. The van der Waals surface area contributed by atoms with Gasteiger partial charge >= 0.3 is 0 Å². The summed E-state index contributed by atoms with van der Waals surface area (Å²) in [7, 11) is 3.99. The third-order valence-electron chi connectivity index (χ3n) is 2.61. The van der Waals surface area contributed by atoms with E-state index in [1.807, 2.05) is 26.2 Å². The van der Waals surface area contributed by atoms with E-state index in [2.05, 4.69) is 16.8 Å². The molecule has 1 aromatic rings. The highest BCUT2D eigenvalue weighted by molar-refractivity contribution is 5.79. The van der Waals surface area contributed by atoms with Gasteiger partial charge in [-0.2, -0.15) is 0 Å². The molecule has 1 rings (SSSR count). The van der Waals surface area contributed by atoms with Crippen molar-refractivity contribution in [2.75, 3.05) is 14.1 Å². The van der Waals surface area contributed by atoms with Crippen LogP contribution >= 0.6 is 0 Å². The topological polar surface area (TPSA) is 96.8 Å². The molecule has 0 fully saturated rings. The number of benzene rings is 1. The Kier molecular flexibility index (Phi) is 4.61. The Morgan fingerprint density at radius 3 is 2.44 bits per heavy atom. The van der Waals surface area contributed by atoms with Crippen LogP contribution in [0.5, 0.6) is 0 Å². The Morgan fingerprint density at radius 2 is 2.00 bits per heavy atom. The highest BCUT2D eigenvalue weighted by Gasteiger charge is 2.07. The standard InChI is InChI=1S/C11H17N5O2/c1-8(15(2)3)9-4-6-10(7-5-9)13-11(12)14-16(17)18/h4-8H,1-3H3,(H3,12,13,14). The maximum atomic E-state index is 10.1. The van der Waals surface area contributed by atoms with Gasteiger partial charge in [0.05, 0.1) is 5.69 Å². The summed E-state index contributed by atoms with van der Waals surface area (Å²) in [6, 6.07) is 7.66. The van der Waals surface area contributed by atoms with Gasteiger partial charge < -0.3 is 10.6 Å². The van der Waals surface area contributed by atoms with Gasteiger partial charge in [-0.1, -0.05) is 17.6 Å². The summed E-state index contributed by atoms with van der Waals surface area (Å²) in [5.41, 5.74) is 8.84. The minimum atomic E-state index is -0.749. The average molecular weight is 251 g/mol. The smallest absolute Gasteiger partial charge is 0.256 e. The maximum absolute atomic E-state index is 10.1. The van der Waals surface area contributed by atoms with Crippen LogP contribution in [0, 0.1) is 10.1 Å². The quantitative estimate of drug-likeness (QED) is 0.360. The second-order valence-electron chi connectivity index (χ2n) is 4.10. The zero-order chi connectivity index (χ0) is 13.7. The summed E-state index contributed by atoms with van der Waals surface area (Å²) in [5, 5.41) is 9.40. The molecule has 1 unspecified atom stereocenters. The summed E-state index contributed by atoms with van der Waals surface area (Å²) in [5.74, 6) is -0.242. The van der Waals surface area contributed by atoms with Gasteiger partial charge in [0.2, 0.25) is 0 Å². The second kappa shape index (κ2) is 5.97. The highest BCUT2D eigenvalue weighted by atomic mass is 16.7. The molecule has 98 valence electrons. The van der Waals surface area contributed by atoms with Crippen LogP contribution in [0.25, 0.3) is 0 Å². The normalized spacial score (nSPS) is 13.4. The van der Waals surface area contributed by atoms with E-state index in [9.17, 15) is 10.1 Å². The van der Waals surface area contributed by atoms with Crippen molar-refractivity contribution in [1.29, 1.82) is 0 Å². The summed E-state index contributed by atoms with van der Waals surface area (Å²) < 4.78 is 0. The number of nitrogens with one attached hydrogen (secondary N) is 1. The fourth-order valence-corrected chi connectivity index (χ4v) is 1.38. The molecule has 0 spiro atoms. The molecule has 0 saturated carbocycles. The first-order chi connectivity index (χ1) is 8.40. The number of guanidine groups is 1. The van der Waals surface area contributed by atoms with E-state index in [4.69, 9.17) is 5.73 Å². The molecule has 0 amide bonds. The monoisotopic (exact) mass is 251 g/mol. The molecule has 0 heterocycles. The number of nitrogens with zero attached hydrogens (tertiary/aromatic N) is 3. The average Bonchev–Trinajstić information content (AvgIpc) is 2.27. The first-order valence-corrected chi connectivity index (χ1v) is 5.41. The Morgan fingerprint density at radius 1 is 1.44 bits per heavy atom. The van der Waals surface area contributed by atoms with Crippen molar-refractivity contribution in [3.63, 3.8) is 0 Å². The SMILES string of the molecule is CC(c1ccc(N=C(N)N[N+](=O)[O-])cc1)N(C)C. The van der Waals surface area contributed by atoms with Gasteiger partial charge in [0, 0.05) is 6.04 Å². The molecule has 0 aromatic heterocycles. The van der Waals surface area contributed by atoms with Gasteiger partial charge in [0.1, 0.15) is 0 Å². The molecular weight excluding hydrogens is 234 g/mol. The van der Waals surface area contributed by atoms with E-state index in [0.717, 1.165) is 5.56 Å². The zero-order valence-electron chi connectivity index (χ0n) is 10.6. The first-order valence-electron chi connectivity index (χ1n) is 5.41. The zero-order valence-corrected chi connectivity index (χ0v) is 10.6. The summed E-state index contributed by atoms with van der Waals surface area (Å²) in [6.07, 6.45) is 0. The molecule has 18 heavy (non-hydrogen) atoms. The van der Waals surface area contributed by atoms with Gasteiger partial charge in [-0.15, -0.1) is 0 Å². The fourth-order valence-electron chi connectivity index (χ4n) is 1.38. The number of hydrogen-bond acceptors (Lipinski definition) is 4. The van der Waals surface area contributed by atoms with Gasteiger partial charge in [-0.25, -0.2) is 15.1 Å². The largest absolute Gasteiger partial charge is 0.365 e. The van der Waals surface area contributed by atoms with Crippen molar-refractivity contribution in [3.05, 3.63) is 39.9 Å². The molecule has 0 saturated heterocycles. The Bertz CT molecular complexity index is 441. The number of aliphatic imine (C=N–C) groups is 1. The molecule has 0 radical (unpaired) electrons. The molecule has 1 atom stereocenters. The molecule has 1 aromatic carbocycles. The van der Waals surface area contributed by atoms with E-state index < -0.39 is 5.03 Å². The van der Waals surface area contributed by atoms with E-state index in [1.165, 1.54) is 0 Å². The fraction of sp³-hybridized carbons (Fsp3) is 0.364. The predicted molar refractivity (Wildman–Crippen MR) is 70.0 cm³/mol. The van der Waals surface area contributed by atoms with Crippen molar-refractivity contribution in [2.45, 2.75) is 13.0 Å². The van der Waals surface area contributed by atoms with Crippen molar-refractivity contribution in [2.24, 2.45) is 10.7 Å². The lowest BCUT2D eigenvalue weighted by atomic mass is 10.1. The molecule has 0 aliphatic carbocycles. The maximum Gasteiger partial charge on any atom is 0.256 e. The van der Waals surface area contributed by atoms with Crippen molar-refractivity contribution < 1.29 is 5.03 Å². The van der Waals surface area contributed by atoms with Crippen LogP contribution in [-0.4, -0.2) is 30.0 Å². The van der Waals surface area contributed by atoms with Crippen molar-refractivity contribution >= 4 is 11.6 Å². The van der Waals surface area contributed by atoms with Gasteiger partial charge in [-0.3, -0.25) is 0 Å². The molecule has 7 nitrogen and oxygen atoms in total. The van der Waals surface area contributed by atoms with Crippen LogP contribution in [0.1, 0.15) is 18.5 Å². The third kappa shape index (κ3) is 4.02. The Labute approximate surface area is 105 Å². The predicted octanol–water partition coefficient (Wildman–Crippen LogP) is 1.04. The first kappa shape index (κ1) is 13.9. The number of hydrazine groups is 1. The summed E-state index contributed by atoms with van der Waals surface area (Å²) in [4.78, 5) is 16.1. The van der Waals surface area contributed by atoms with Crippen LogP contribution < -0.4 is 11.2 Å². The highest BCUT2D eigenvalue weighted by Crippen LogP contribution is 2.20. The van der Waals surface area contributed by atoms with Crippen molar-refractivity contribution in [3.8, 4) is 0 Å². The van der Waals surface area contributed by atoms with E-state index in [-0.39, 0.29) is 12.0 Å². The minimum absolute atomic E-state index is 0.242. The molecule has 3 N–H and O–H groups in total. The Hall–Kier alpha value is -2.15. The van der Waals surface area contributed by atoms with Crippen LogP contribution in [0.3, 0.4) is 0 Å². The van der Waals surface area contributed by atoms with Crippen LogP contribution in [0.4, 0.5) is 5.69 Å². The minimum Gasteiger partial charge on any atom is -0.365 e. The number of rotatable bonds is 4. The van der Waals surface area contributed by atoms with Crippen LogP contribution in [0.15, 0.2) is 29.3 Å². The summed E-state index contributed by atoms with van der Waals surface area (Å²) in [6.45, 7) is 2.08. The van der Waals surface area contributed by atoms with Gasteiger partial charge in [-0.05, 0) is 38.7 Å². The molecular formula is C11H17N5O2. The molecule has 0 bridgehead atoms. The number of nitro groups is 1. The number of hydrogen-bond donors (Lipinski definition) is 2. The van der Waals surface area contributed by atoms with Crippen LogP contribution in [-0.2, 0) is 0 Å². The van der Waals surface area contributed by atoms with E-state index in [1.54, 1.807) is 17.6 Å². The molecule has 0 aliphatic heterocycles. The molecule has 0 aliphatic rings. The second-order valence-corrected chi connectivity index (χ2v) is 4.10. The van der Waals surface area contributed by atoms with Gasteiger partial charge in [0.25, 0.3) is 5.96 Å². The van der Waals surface area contributed by atoms with E-state index in [0.29, 0.717) is 5.69 Å². The molecule has 7 heteroatoms. The van der Waals surface area contributed by atoms with Crippen LogP contribution in [0.2, 0.25) is 0 Å². The van der Waals surface area contributed by atoms with E-state index >= 15 is 0 Å². The van der Waals surface area contributed by atoms with Gasteiger partial charge in [0.15, 0.2) is 5.03 Å². The lowest BCUT2D eigenvalue weighted by Crippen LogP contribution is -2.35. The lowest BCUT2D eigenvalue weighted by Gasteiger charge is -2.19.